The van der Waals surface area contributed by atoms with Gasteiger partial charge in [-0.2, -0.15) is 10.5 Å². The summed E-state index contributed by atoms with van der Waals surface area (Å²) >= 11 is 0. The van der Waals surface area contributed by atoms with Gasteiger partial charge in [0.25, 0.3) is 0 Å². The van der Waals surface area contributed by atoms with Crippen LogP contribution in [0.1, 0.15) is 0 Å². The Labute approximate surface area is 122 Å². The smallest absolute Gasteiger partial charge is 0.350 e. The van der Waals surface area contributed by atoms with Crippen LogP contribution in [-0.4, -0.2) is 46.2 Å². The molecule has 0 aliphatic carbocycles. The van der Waals surface area contributed by atoms with Crippen LogP contribution in [0.15, 0.2) is 24.3 Å². The highest BCUT2D eigenvalue weighted by Gasteiger charge is 2.06. The summed E-state index contributed by atoms with van der Waals surface area (Å²) in [4.78, 5) is 21.2. The molecule has 0 heterocycles. The van der Waals surface area contributed by atoms with Crippen LogP contribution in [0.5, 0.6) is 0 Å². The molecule has 0 saturated carbocycles. The van der Waals surface area contributed by atoms with E-state index in [1.54, 1.807) is 12.1 Å². The first-order valence-corrected chi connectivity index (χ1v) is 5.44. The predicted molar refractivity (Wildman–Crippen MR) is 70.3 cm³/mol. The van der Waals surface area contributed by atoms with E-state index < -0.39 is 11.9 Å². The second-order valence-corrected chi connectivity index (χ2v) is 3.15. The van der Waals surface area contributed by atoms with Crippen molar-refractivity contribution in [3.8, 4) is 12.1 Å². The van der Waals surface area contributed by atoms with Gasteiger partial charge in [0, 0.05) is 14.2 Å². The van der Waals surface area contributed by atoms with E-state index in [2.05, 4.69) is 32.1 Å². The Hall–Kier alpha value is -2.68. The van der Waals surface area contributed by atoms with Crippen molar-refractivity contribution < 1.29 is 28.5 Å². The van der Waals surface area contributed by atoms with Gasteiger partial charge in [-0.15, -0.1) is 0 Å². The first kappa shape index (κ1) is 20.6. The zero-order valence-corrected chi connectivity index (χ0v) is 11.9. The van der Waals surface area contributed by atoms with E-state index in [1.807, 2.05) is 0 Å². The summed E-state index contributed by atoms with van der Waals surface area (Å²) in [5.74, 6) is -1.44. The molecule has 0 fully saturated rings. The zero-order valence-electron chi connectivity index (χ0n) is 11.9. The van der Waals surface area contributed by atoms with Crippen molar-refractivity contribution in [1.82, 2.24) is 0 Å². The quantitative estimate of drug-likeness (QED) is 0.219. The fourth-order valence-electron chi connectivity index (χ4n) is 0.596. The van der Waals surface area contributed by atoms with E-state index in [0.29, 0.717) is 6.61 Å². The highest BCUT2D eigenvalue weighted by Crippen LogP contribution is 1.91. The van der Waals surface area contributed by atoms with Crippen LogP contribution >= 0.6 is 0 Å². The van der Waals surface area contributed by atoms with Gasteiger partial charge in [0.15, 0.2) is 6.79 Å². The van der Waals surface area contributed by atoms with Crippen molar-refractivity contribution in [3.05, 3.63) is 24.3 Å². The average molecular weight is 296 g/mol. The molecular weight excluding hydrogens is 280 g/mol. The molecule has 114 valence electrons. The Bertz CT molecular complexity index is 458. The minimum absolute atomic E-state index is 0.149. The average Bonchev–Trinajstić information content (AvgIpc) is 2.51. The summed E-state index contributed by atoms with van der Waals surface area (Å²) in [5, 5.41) is 16.3. The van der Waals surface area contributed by atoms with Gasteiger partial charge in [-0.25, -0.2) is 9.59 Å². The summed E-state index contributed by atoms with van der Waals surface area (Å²) in [6.07, 6.45) is 0. The maximum atomic E-state index is 10.6. The molecule has 0 spiro atoms. The van der Waals surface area contributed by atoms with Crippen LogP contribution in [-0.2, 0) is 28.5 Å². The van der Waals surface area contributed by atoms with Gasteiger partial charge in [0.1, 0.15) is 29.9 Å². The number of hydrogen-bond donors (Lipinski definition) is 0. The molecule has 0 atom stereocenters. The van der Waals surface area contributed by atoms with Gasteiger partial charge >= 0.3 is 11.9 Å². The van der Waals surface area contributed by atoms with Crippen molar-refractivity contribution in [2.45, 2.75) is 0 Å². The van der Waals surface area contributed by atoms with Crippen LogP contribution < -0.4 is 0 Å². The van der Waals surface area contributed by atoms with Crippen molar-refractivity contribution >= 4 is 11.9 Å². The standard InChI is InChI=1S/C7H9NO3.C6H7NO3/c1-6(5-8)7(9)11-4-3-10-2;1-5(3-7)6(8)10-4-9-2/h1,3-4H2,2H3;1,4H2,2H3. The zero-order chi connectivity index (χ0) is 16.7. The third-order valence-electron chi connectivity index (χ3n) is 1.59. The Balaban J connectivity index is 0. The molecule has 0 aliphatic heterocycles. The third kappa shape index (κ3) is 12.1. The number of carbonyl (C=O) groups is 2. The molecule has 0 N–H and O–H groups in total. The summed E-state index contributed by atoms with van der Waals surface area (Å²) in [6.45, 7) is 6.63. The molecule has 8 heteroatoms. The number of rotatable bonds is 7. The molecule has 0 amide bonds. The molecule has 0 aromatic carbocycles. The van der Waals surface area contributed by atoms with E-state index in [0.717, 1.165) is 0 Å². The molecule has 0 aromatic rings. The van der Waals surface area contributed by atoms with E-state index in [9.17, 15) is 9.59 Å². The first-order valence-electron chi connectivity index (χ1n) is 5.44. The largest absolute Gasteiger partial charge is 0.459 e. The van der Waals surface area contributed by atoms with E-state index in [1.165, 1.54) is 14.2 Å². The molecule has 0 aromatic heterocycles. The number of nitrogens with zero attached hydrogens (tertiary/aromatic N) is 2. The van der Waals surface area contributed by atoms with Gasteiger partial charge in [-0.05, 0) is 0 Å². The SMILES string of the molecule is C=C(C#N)C(=O)OCCOC.C=C(C#N)C(=O)OCOC. The van der Waals surface area contributed by atoms with Crippen LogP contribution in [0.4, 0.5) is 0 Å². The number of ether oxygens (including phenoxy) is 4. The fourth-order valence-corrected chi connectivity index (χ4v) is 0.596. The van der Waals surface area contributed by atoms with Gasteiger partial charge in [-0.3, -0.25) is 0 Å². The minimum atomic E-state index is -0.746. The second-order valence-electron chi connectivity index (χ2n) is 3.15. The summed E-state index contributed by atoms with van der Waals surface area (Å²) < 4.78 is 17.9. The van der Waals surface area contributed by atoms with Crippen LogP contribution in [0.3, 0.4) is 0 Å². The number of esters is 2. The molecule has 0 unspecified atom stereocenters. The number of methoxy groups -OCH3 is 2. The summed E-state index contributed by atoms with van der Waals surface area (Å²) in [6, 6.07) is 3.13. The number of nitriles is 2. The lowest BCUT2D eigenvalue weighted by molar-refractivity contribution is -0.148. The van der Waals surface area contributed by atoms with Gasteiger partial charge in [-0.1, -0.05) is 13.2 Å². The fraction of sp³-hybridized carbons (Fsp3) is 0.385. The van der Waals surface area contributed by atoms with E-state index in [-0.39, 0.29) is 24.5 Å². The monoisotopic (exact) mass is 296 g/mol. The first-order chi connectivity index (χ1) is 9.94. The molecule has 0 bridgehead atoms. The molecule has 0 saturated heterocycles. The number of hydrogen-bond acceptors (Lipinski definition) is 8. The second kappa shape index (κ2) is 13.7. The lowest BCUT2D eigenvalue weighted by atomic mass is 10.3. The molecule has 21 heavy (non-hydrogen) atoms. The van der Waals surface area contributed by atoms with Crippen LogP contribution in [0.25, 0.3) is 0 Å². The maximum Gasteiger partial charge on any atom is 0.350 e. The third-order valence-corrected chi connectivity index (χ3v) is 1.59. The molecule has 0 aliphatic rings. The molecule has 0 radical (unpaired) electrons. The normalized spacial score (nSPS) is 8.19. The molecule has 8 nitrogen and oxygen atoms in total. The highest BCUT2D eigenvalue weighted by molar-refractivity contribution is 5.92. The lowest BCUT2D eigenvalue weighted by Gasteiger charge is -2.00. The Morgan fingerprint density at radius 1 is 0.905 bits per heavy atom. The van der Waals surface area contributed by atoms with E-state index >= 15 is 0 Å². The van der Waals surface area contributed by atoms with Crippen molar-refractivity contribution in [1.29, 1.82) is 10.5 Å². The predicted octanol–water partition coefficient (Wildman–Crippen LogP) is 0.469. The summed E-state index contributed by atoms with van der Waals surface area (Å²) in [7, 11) is 2.87. The van der Waals surface area contributed by atoms with Gasteiger partial charge in [0.05, 0.1) is 6.61 Å². The maximum absolute atomic E-state index is 10.6. The number of carbonyl (C=O) groups excluding carboxylic acids is 2. The van der Waals surface area contributed by atoms with Gasteiger partial charge < -0.3 is 18.9 Å². The lowest BCUT2D eigenvalue weighted by Crippen LogP contribution is -2.10. The topological polar surface area (TPSA) is 119 Å². The highest BCUT2D eigenvalue weighted by atomic mass is 16.7. The Kier molecular flexibility index (Phi) is 13.5. The summed E-state index contributed by atoms with van der Waals surface area (Å²) in [5.41, 5.74) is -0.418. The minimum Gasteiger partial charge on any atom is -0.459 e. The van der Waals surface area contributed by atoms with Crippen molar-refractivity contribution in [2.24, 2.45) is 0 Å². The molecule has 0 rings (SSSR count). The Morgan fingerprint density at radius 2 is 1.38 bits per heavy atom. The Morgan fingerprint density at radius 3 is 1.76 bits per heavy atom. The molecular formula is C13H16N2O6. The van der Waals surface area contributed by atoms with Crippen molar-refractivity contribution in [3.63, 3.8) is 0 Å². The van der Waals surface area contributed by atoms with Crippen LogP contribution in [0, 0.1) is 22.7 Å². The van der Waals surface area contributed by atoms with Crippen molar-refractivity contribution in [2.75, 3.05) is 34.2 Å². The van der Waals surface area contributed by atoms with Crippen LogP contribution in [0.2, 0.25) is 0 Å². The van der Waals surface area contributed by atoms with Gasteiger partial charge in [0.2, 0.25) is 0 Å². The van der Waals surface area contributed by atoms with E-state index in [4.69, 9.17) is 10.5 Å².